The molecule has 1 aliphatic rings. The van der Waals surface area contributed by atoms with Crippen molar-refractivity contribution in [2.75, 3.05) is 6.54 Å². The zero-order chi connectivity index (χ0) is 11.6. The molecule has 5 heteroatoms. The van der Waals surface area contributed by atoms with E-state index in [9.17, 15) is 13.2 Å². The number of pyridine rings is 1. The quantitative estimate of drug-likeness (QED) is 0.860. The number of nitrogens with zero attached hydrogens (tertiary/aromatic N) is 1. The van der Waals surface area contributed by atoms with E-state index in [0.29, 0.717) is 5.92 Å². The molecule has 0 saturated heterocycles. The fourth-order valence-corrected chi connectivity index (χ4v) is 1.55. The van der Waals surface area contributed by atoms with E-state index in [-0.39, 0.29) is 12.2 Å². The minimum absolute atomic E-state index is 0.0793. The van der Waals surface area contributed by atoms with Crippen molar-refractivity contribution in [2.24, 2.45) is 5.92 Å². The zero-order valence-corrected chi connectivity index (χ0v) is 8.72. The van der Waals surface area contributed by atoms with Crippen LogP contribution in [0.4, 0.5) is 13.2 Å². The Balaban J connectivity index is 2.00. The van der Waals surface area contributed by atoms with Gasteiger partial charge in [-0.15, -0.1) is 0 Å². The number of alkyl halides is 3. The molecule has 1 saturated carbocycles. The van der Waals surface area contributed by atoms with Crippen LogP contribution >= 0.6 is 0 Å². The van der Waals surface area contributed by atoms with Crippen LogP contribution in [-0.2, 0) is 12.7 Å². The second kappa shape index (κ2) is 4.41. The Kier molecular flexibility index (Phi) is 3.14. The first-order valence-corrected chi connectivity index (χ1v) is 5.29. The molecule has 1 aliphatic carbocycles. The van der Waals surface area contributed by atoms with Gasteiger partial charge in [0.1, 0.15) is 0 Å². The number of nitrogens with one attached hydrogen (secondary N) is 1. The number of rotatable bonds is 4. The van der Waals surface area contributed by atoms with Gasteiger partial charge in [0.2, 0.25) is 0 Å². The molecule has 0 radical (unpaired) electrons. The topological polar surface area (TPSA) is 24.9 Å². The SMILES string of the molecule is FC(F)(F)c1cccnc1CNCC1CC1. The molecule has 1 fully saturated rings. The molecule has 2 nitrogen and oxygen atoms in total. The highest BCUT2D eigenvalue weighted by atomic mass is 19.4. The maximum Gasteiger partial charge on any atom is 0.418 e. The minimum Gasteiger partial charge on any atom is -0.311 e. The smallest absolute Gasteiger partial charge is 0.311 e. The number of aromatic nitrogens is 1. The molecule has 1 aromatic rings. The number of halogens is 3. The Morgan fingerprint density at radius 3 is 2.75 bits per heavy atom. The van der Waals surface area contributed by atoms with Gasteiger partial charge in [-0.2, -0.15) is 13.2 Å². The second-order valence-electron chi connectivity index (χ2n) is 4.07. The normalized spacial score (nSPS) is 16.4. The lowest BCUT2D eigenvalue weighted by Crippen LogP contribution is -2.20. The first-order chi connectivity index (χ1) is 7.57. The molecule has 1 aromatic heterocycles. The van der Waals surface area contributed by atoms with Crippen molar-refractivity contribution in [2.45, 2.75) is 25.6 Å². The van der Waals surface area contributed by atoms with Gasteiger partial charge in [0.05, 0.1) is 11.3 Å². The average molecular weight is 230 g/mol. The standard InChI is InChI=1S/C11H13F3N2/c12-11(13,14)9-2-1-5-16-10(9)7-15-6-8-3-4-8/h1-2,5,8,15H,3-4,6-7H2. The lowest BCUT2D eigenvalue weighted by atomic mass is 10.2. The Morgan fingerprint density at radius 2 is 2.12 bits per heavy atom. The van der Waals surface area contributed by atoms with Crippen LogP contribution in [0.2, 0.25) is 0 Å². The van der Waals surface area contributed by atoms with E-state index in [1.54, 1.807) is 0 Å². The Morgan fingerprint density at radius 1 is 1.38 bits per heavy atom. The van der Waals surface area contributed by atoms with Crippen LogP contribution in [0.3, 0.4) is 0 Å². The zero-order valence-electron chi connectivity index (χ0n) is 8.72. The van der Waals surface area contributed by atoms with Crippen molar-refractivity contribution in [1.29, 1.82) is 0 Å². The molecule has 0 atom stereocenters. The fourth-order valence-electron chi connectivity index (χ4n) is 1.55. The van der Waals surface area contributed by atoms with Crippen LogP contribution in [0.5, 0.6) is 0 Å². The highest BCUT2D eigenvalue weighted by molar-refractivity contribution is 5.22. The summed E-state index contributed by atoms with van der Waals surface area (Å²) in [7, 11) is 0. The summed E-state index contributed by atoms with van der Waals surface area (Å²) in [5.41, 5.74) is -0.561. The molecule has 1 heterocycles. The summed E-state index contributed by atoms with van der Waals surface area (Å²) in [5.74, 6) is 0.651. The maximum atomic E-state index is 12.6. The largest absolute Gasteiger partial charge is 0.418 e. The van der Waals surface area contributed by atoms with Crippen LogP contribution < -0.4 is 5.32 Å². The van der Waals surface area contributed by atoms with E-state index >= 15 is 0 Å². The molecule has 1 N–H and O–H groups in total. The third-order valence-electron chi connectivity index (χ3n) is 2.62. The van der Waals surface area contributed by atoms with Crippen molar-refractivity contribution >= 4 is 0 Å². The van der Waals surface area contributed by atoms with E-state index in [0.717, 1.165) is 12.6 Å². The van der Waals surface area contributed by atoms with Gasteiger partial charge in [0.15, 0.2) is 0 Å². The van der Waals surface area contributed by atoms with Crippen LogP contribution in [0.25, 0.3) is 0 Å². The van der Waals surface area contributed by atoms with Gasteiger partial charge in [0, 0.05) is 12.7 Å². The summed E-state index contributed by atoms with van der Waals surface area (Å²) in [5, 5.41) is 3.01. The van der Waals surface area contributed by atoms with Crippen molar-refractivity contribution in [3.8, 4) is 0 Å². The summed E-state index contributed by atoms with van der Waals surface area (Å²) in [6, 6.07) is 2.38. The van der Waals surface area contributed by atoms with Gasteiger partial charge < -0.3 is 5.32 Å². The maximum absolute atomic E-state index is 12.6. The first-order valence-electron chi connectivity index (χ1n) is 5.29. The molecule has 0 unspecified atom stereocenters. The van der Waals surface area contributed by atoms with Crippen molar-refractivity contribution in [3.05, 3.63) is 29.6 Å². The van der Waals surface area contributed by atoms with Gasteiger partial charge >= 0.3 is 6.18 Å². The fraction of sp³-hybridized carbons (Fsp3) is 0.545. The van der Waals surface area contributed by atoms with Gasteiger partial charge in [-0.3, -0.25) is 4.98 Å². The van der Waals surface area contributed by atoms with E-state index < -0.39 is 11.7 Å². The minimum atomic E-state index is -4.31. The Hall–Kier alpha value is -1.10. The van der Waals surface area contributed by atoms with Crippen LogP contribution in [0, 0.1) is 5.92 Å². The lowest BCUT2D eigenvalue weighted by Gasteiger charge is -2.11. The number of hydrogen-bond donors (Lipinski definition) is 1. The van der Waals surface area contributed by atoms with Gasteiger partial charge in [-0.25, -0.2) is 0 Å². The van der Waals surface area contributed by atoms with Crippen LogP contribution in [-0.4, -0.2) is 11.5 Å². The Bertz CT molecular complexity index is 358. The highest BCUT2D eigenvalue weighted by Crippen LogP contribution is 2.31. The van der Waals surface area contributed by atoms with Crippen LogP contribution in [0.1, 0.15) is 24.1 Å². The molecule has 0 aliphatic heterocycles. The molecular formula is C11H13F3N2. The Labute approximate surface area is 91.9 Å². The van der Waals surface area contributed by atoms with Gasteiger partial charge in [-0.05, 0) is 37.4 Å². The first kappa shape index (κ1) is 11.4. The average Bonchev–Trinajstić information content (AvgIpc) is 3.01. The molecule has 0 amide bonds. The van der Waals surface area contributed by atoms with Crippen molar-refractivity contribution < 1.29 is 13.2 Å². The van der Waals surface area contributed by atoms with E-state index in [2.05, 4.69) is 10.3 Å². The summed E-state index contributed by atoms with van der Waals surface area (Å²) in [4.78, 5) is 3.78. The molecule has 16 heavy (non-hydrogen) atoms. The molecule has 0 spiro atoms. The molecule has 88 valence electrons. The second-order valence-corrected chi connectivity index (χ2v) is 4.07. The lowest BCUT2D eigenvalue weighted by molar-refractivity contribution is -0.138. The van der Waals surface area contributed by atoms with Gasteiger partial charge in [-0.1, -0.05) is 0 Å². The van der Waals surface area contributed by atoms with Crippen molar-refractivity contribution in [1.82, 2.24) is 10.3 Å². The summed E-state index contributed by atoms with van der Waals surface area (Å²) in [6.07, 6.45) is -0.559. The molecule has 0 aromatic carbocycles. The van der Waals surface area contributed by atoms with E-state index in [4.69, 9.17) is 0 Å². The summed E-state index contributed by atoms with van der Waals surface area (Å²) < 4.78 is 37.7. The predicted octanol–water partition coefficient (Wildman–Crippen LogP) is 2.60. The highest BCUT2D eigenvalue weighted by Gasteiger charge is 2.33. The summed E-state index contributed by atoms with van der Waals surface area (Å²) >= 11 is 0. The third kappa shape index (κ3) is 2.95. The summed E-state index contributed by atoms with van der Waals surface area (Å²) in [6.45, 7) is 0.972. The third-order valence-corrected chi connectivity index (χ3v) is 2.62. The van der Waals surface area contributed by atoms with Gasteiger partial charge in [0.25, 0.3) is 0 Å². The number of hydrogen-bond acceptors (Lipinski definition) is 2. The van der Waals surface area contributed by atoms with E-state index in [1.165, 1.54) is 25.1 Å². The van der Waals surface area contributed by atoms with E-state index in [1.807, 2.05) is 0 Å². The van der Waals surface area contributed by atoms with Crippen LogP contribution in [0.15, 0.2) is 18.3 Å². The monoisotopic (exact) mass is 230 g/mol. The predicted molar refractivity (Wildman–Crippen MR) is 53.7 cm³/mol. The molecule has 2 rings (SSSR count). The molecular weight excluding hydrogens is 217 g/mol. The molecule has 0 bridgehead atoms. The van der Waals surface area contributed by atoms with Crippen molar-refractivity contribution in [3.63, 3.8) is 0 Å².